The molecule has 16 heteroatoms. The number of fused-ring (bicyclic) bond motifs is 1. The van der Waals surface area contributed by atoms with Crippen LogP contribution in [0, 0.1) is 5.41 Å². The summed E-state index contributed by atoms with van der Waals surface area (Å²) in [5.41, 5.74) is 5.05. The van der Waals surface area contributed by atoms with Gasteiger partial charge in [0.25, 0.3) is 5.91 Å². The number of amides is 5. The maximum Gasteiger partial charge on any atom is 0.255 e. The van der Waals surface area contributed by atoms with E-state index in [0.29, 0.717) is 50.0 Å². The first-order chi connectivity index (χ1) is 32.4. The molecule has 5 aliphatic rings. The SMILES string of the molecule is CC1(C)CCN(Cc2ccc(N3CC(=O)NC4(CCN(c5cc(NCCCNC(=O)CCCCCCCCNc6cccc7c6CN(C6CCC(=O)NC6=O)C7=O)ncn5)CC4)C3)cc2)CC1. The molecule has 1 spiro atoms. The standard InChI is InChI=1S/C51H71N11O5/c1-50(2)20-27-59(28-21-50)32-37-14-16-38(17-15-37)61-34-47(65)58-51(35-61)22-29-60(30-23-51)44-31-43(55-36-56-44)53-25-10-26-54-45(63)13-7-5-3-4-6-8-24-52-41-12-9-11-39-40(41)33-62(49(39)67)42-18-19-46(64)57-48(42)66/h9,11-12,14-17,31,36,42,52H,3-8,10,13,18-30,32-35H2,1-2H3,(H,54,63)(H,58,65)(H,53,55,56)(H,57,64,66). The number of unbranched alkanes of at least 4 members (excludes halogenated alkanes) is 5. The van der Waals surface area contributed by atoms with Crippen molar-refractivity contribution < 1.29 is 24.0 Å². The van der Waals surface area contributed by atoms with Crippen molar-refractivity contribution >= 4 is 52.5 Å². The van der Waals surface area contributed by atoms with Gasteiger partial charge in [0.05, 0.1) is 12.1 Å². The Balaban J connectivity index is 0.661. The van der Waals surface area contributed by atoms with Gasteiger partial charge in [-0.25, -0.2) is 9.97 Å². The number of hydrogen-bond donors (Lipinski definition) is 5. The van der Waals surface area contributed by atoms with Gasteiger partial charge < -0.3 is 36.0 Å². The molecule has 2 aromatic carbocycles. The van der Waals surface area contributed by atoms with Crippen molar-refractivity contribution in [1.29, 1.82) is 0 Å². The van der Waals surface area contributed by atoms with E-state index in [1.807, 2.05) is 18.2 Å². The molecule has 3 aromatic rings. The smallest absolute Gasteiger partial charge is 0.255 e. The second-order valence-corrected chi connectivity index (χ2v) is 20.2. The molecule has 0 aliphatic carbocycles. The van der Waals surface area contributed by atoms with E-state index >= 15 is 0 Å². The van der Waals surface area contributed by atoms with Crippen LogP contribution in [0.1, 0.15) is 125 Å². The molecule has 5 amide bonds. The van der Waals surface area contributed by atoms with E-state index in [1.54, 1.807) is 17.3 Å². The van der Waals surface area contributed by atoms with Crippen molar-refractivity contribution in [3.63, 3.8) is 0 Å². The summed E-state index contributed by atoms with van der Waals surface area (Å²) in [4.78, 5) is 80.4. The zero-order valence-electron chi connectivity index (χ0n) is 39.7. The third-order valence-corrected chi connectivity index (χ3v) is 14.6. The molecule has 67 heavy (non-hydrogen) atoms. The summed E-state index contributed by atoms with van der Waals surface area (Å²) in [7, 11) is 0. The summed E-state index contributed by atoms with van der Waals surface area (Å²) < 4.78 is 0. The topological polar surface area (TPSA) is 184 Å². The van der Waals surface area contributed by atoms with Crippen molar-refractivity contribution in [3.05, 3.63) is 71.5 Å². The molecule has 5 aliphatic heterocycles. The Hall–Kier alpha value is -5.77. The molecule has 6 heterocycles. The molecule has 4 saturated heterocycles. The summed E-state index contributed by atoms with van der Waals surface area (Å²) in [6.45, 7) is 13.2. The number of piperidine rings is 3. The highest BCUT2D eigenvalue weighted by Crippen LogP contribution is 2.34. The maximum atomic E-state index is 13.1. The van der Waals surface area contributed by atoms with Crippen LogP contribution in [0.15, 0.2) is 54.9 Å². The minimum absolute atomic E-state index is 0.0799. The van der Waals surface area contributed by atoms with Crippen LogP contribution in [0.5, 0.6) is 0 Å². The Morgan fingerprint density at radius 1 is 0.776 bits per heavy atom. The fourth-order valence-corrected chi connectivity index (χ4v) is 10.3. The van der Waals surface area contributed by atoms with Gasteiger partial charge >= 0.3 is 0 Å². The Morgan fingerprint density at radius 3 is 2.30 bits per heavy atom. The molecule has 0 radical (unpaired) electrons. The molecular weight excluding hydrogens is 847 g/mol. The van der Waals surface area contributed by atoms with Crippen LogP contribution < -0.4 is 36.4 Å². The van der Waals surface area contributed by atoms with Crippen molar-refractivity contribution in [1.82, 2.24) is 35.7 Å². The third kappa shape index (κ3) is 12.6. The highest BCUT2D eigenvalue weighted by molar-refractivity contribution is 6.06. The number of piperazine rings is 1. The fourth-order valence-electron chi connectivity index (χ4n) is 10.3. The number of likely N-dealkylation sites (tertiary alicyclic amines) is 1. The van der Waals surface area contributed by atoms with E-state index in [2.05, 4.69) is 89.4 Å². The number of imide groups is 1. The van der Waals surface area contributed by atoms with Crippen molar-refractivity contribution in [2.45, 2.75) is 128 Å². The summed E-state index contributed by atoms with van der Waals surface area (Å²) in [5, 5.41) is 15.7. The fraction of sp³-hybridized carbons (Fsp3) is 0.588. The van der Waals surface area contributed by atoms with Crippen LogP contribution in [-0.2, 0) is 32.3 Å². The molecule has 16 nitrogen and oxygen atoms in total. The number of carbonyl (C=O) groups is 5. The van der Waals surface area contributed by atoms with E-state index in [9.17, 15) is 24.0 Å². The molecular formula is C51H71N11O5. The molecule has 1 aromatic heterocycles. The molecule has 0 bridgehead atoms. The van der Waals surface area contributed by atoms with Crippen molar-refractivity contribution in [3.8, 4) is 0 Å². The first-order valence-corrected chi connectivity index (χ1v) is 24.9. The van der Waals surface area contributed by atoms with Gasteiger partial charge in [0, 0.05) is 93.8 Å². The second kappa shape index (κ2) is 21.9. The van der Waals surface area contributed by atoms with E-state index in [-0.39, 0.29) is 35.6 Å². The zero-order valence-corrected chi connectivity index (χ0v) is 39.7. The van der Waals surface area contributed by atoms with Crippen LogP contribution >= 0.6 is 0 Å². The lowest BCUT2D eigenvalue weighted by Gasteiger charge is -2.48. The zero-order chi connectivity index (χ0) is 46.8. The second-order valence-electron chi connectivity index (χ2n) is 20.2. The number of rotatable bonds is 20. The number of hydrogen-bond acceptors (Lipinski definition) is 12. The van der Waals surface area contributed by atoms with Crippen molar-refractivity contribution in [2.75, 3.05) is 79.3 Å². The Labute approximate surface area is 395 Å². The van der Waals surface area contributed by atoms with Crippen LogP contribution in [0.3, 0.4) is 0 Å². The molecule has 1 atom stereocenters. The minimum Gasteiger partial charge on any atom is -0.385 e. The van der Waals surface area contributed by atoms with Gasteiger partial charge in [-0.05, 0) is 99.7 Å². The summed E-state index contributed by atoms with van der Waals surface area (Å²) in [6, 6.07) is 15.9. The summed E-state index contributed by atoms with van der Waals surface area (Å²) in [5.74, 6) is 0.952. The molecule has 5 N–H and O–H groups in total. The monoisotopic (exact) mass is 918 g/mol. The maximum absolute atomic E-state index is 13.1. The van der Waals surface area contributed by atoms with E-state index < -0.39 is 11.9 Å². The molecule has 0 saturated carbocycles. The Bertz CT molecular complexity index is 2220. The normalized spacial score (nSPS) is 20.4. The van der Waals surface area contributed by atoms with E-state index in [4.69, 9.17) is 0 Å². The Kier molecular flexibility index (Phi) is 15.6. The van der Waals surface area contributed by atoms with Crippen LogP contribution in [-0.4, -0.2) is 120 Å². The number of aromatic nitrogens is 2. The average molecular weight is 918 g/mol. The number of nitrogens with one attached hydrogen (secondary N) is 5. The predicted octanol–water partition coefficient (Wildman–Crippen LogP) is 5.60. The molecule has 4 fully saturated rings. The minimum atomic E-state index is -0.618. The predicted molar refractivity (Wildman–Crippen MR) is 261 cm³/mol. The van der Waals surface area contributed by atoms with Gasteiger partial charge in [0.15, 0.2) is 0 Å². The number of carbonyl (C=O) groups excluding carboxylic acids is 5. The van der Waals surface area contributed by atoms with Gasteiger partial charge in [-0.1, -0.05) is 57.7 Å². The van der Waals surface area contributed by atoms with Crippen LogP contribution in [0.25, 0.3) is 0 Å². The van der Waals surface area contributed by atoms with Gasteiger partial charge in [0.1, 0.15) is 24.0 Å². The average Bonchev–Trinajstić information content (AvgIpc) is 3.65. The van der Waals surface area contributed by atoms with Crippen LogP contribution in [0.2, 0.25) is 0 Å². The quantitative estimate of drug-likeness (QED) is 0.0701. The number of anilines is 4. The van der Waals surface area contributed by atoms with Gasteiger partial charge in [-0.2, -0.15) is 0 Å². The summed E-state index contributed by atoms with van der Waals surface area (Å²) in [6.07, 6.45) is 13.8. The van der Waals surface area contributed by atoms with E-state index in [0.717, 1.165) is 132 Å². The largest absolute Gasteiger partial charge is 0.385 e. The highest BCUT2D eigenvalue weighted by Gasteiger charge is 2.42. The Morgan fingerprint density at radius 2 is 1.52 bits per heavy atom. The van der Waals surface area contributed by atoms with Gasteiger partial charge in [-0.3, -0.25) is 34.2 Å². The third-order valence-electron chi connectivity index (χ3n) is 14.6. The lowest BCUT2D eigenvalue weighted by atomic mass is 9.82. The number of nitrogens with zero attached hydrogens (tertiary/aromatic N) is 6. The van der Waals surface area contributed by atoms with Crippen molar-refractivity contribution in [2.24, 2.45) is 5.41 Å². The lowest BCUT2D eigenvalue weighted by Crippen LogP contribution is -2.66. The van der Waals surface area contributed by atoms with Gasteiger partial charge in [-0.15, -0.1) is 0 Å². The number of benzene rings is 2. The highest BCUT2D eigenvalue weighted by atomic mass is 16.2. The molecule has 360 valence electrons. The van der Waals surface area contributed by atoms with Crippen LogP contribution in [0.4, 0.5) is 23.0 Å². The first-order valence-electron chi connectivity index (χ1n) is 24.9. The lowest BCUT2D eigenvalue weighted by molar-refractivity contribution is -0.137. The van der Waals surface area contributed by atoms with E-state index in [1.165, 1.54) is 18.4 Å². The summed E-state index contributed by atoms with van der Waals surface area (Å²) >= 11 is 0. The molecule has 1 unspecified atom stereocenters. The van der Waals surface area contributed by atoms with Gasteiger partial charge in [0.2, 0.25) is 23.6 Å². The first kappa shape index (κ1) is 47.7. The molecule has 8 rings (SSSR count).